The summed E-state index contributed by atoms with van der Waals surface area (Å²) in [5.41, 5.74) is 2.60. The monoisotopic (exact) mass is 403 g/mol. The van der Waals surface area contributed by atoms with Gasteiger partial charge in [-0.25, -0.2) is 9.50 Å². The summed E-state index contributed by atoms with van der Waals surface area (Å²) in [6.45, 7) is 7.36. The molecule has 1 aliphatic heterocycles. The van der Waals surface area contributed by atoms with Crippen LogP contribution < -0.4 is 0 Å². The lowest BCUT2D eigenvalue weighted by Crippen LogP contribution is -2.25. The van der Waals surface area contributed by atoms with Crippen molar-refractivity contribution in [3.63, 3.8) is 0 Å². The molecule has 0 fully saturated rings. The summed E-state index contributed by atoms with van der Waals surface area (Å²) in [6.07, 6.45) is 3.27. The Balaban J connectivity index is 1.78. The molecule has 0 aromatic carbocycles. The average Bonchev–Trinajstić information content (AvgIpc) is 3.23. The molecule has 4 rings (SSSR count). The predicted molar refractivity (Wildman–Crippen MR) is 102 cm³/mol. The van der Waals surface area contributed by atoms with E-state index in [0.717, 1.165) is 17.0 Å². The van der Waals surface area contributed by atoms with Crippen molar-refractivity contribution in [2.75, 3.05) is 6.61 Å². The third-order valence-electron chi connectivity index (χ3n) is 4.47. The molecule has 0 amide bonds. The van der Waals surface area contributed by atoms with Gasteiger partial charge >= 0.3 is 5.97 Å². The van der Waals surface area contributed by atoms with E-state index in [1.54, 1.807) is 10.7 Å². The van der Waals surface area contributed by atoms with Crippen molar-refractivity contribution in [3.8, 4) is 0 Å². The zero-order chi connectivity index (χ0) is 19.9. The lowest BCUT2D eigenvalue weighted by Gasteiger charge is -2.22. The molecule has 0 saturated heterocycles. The number of carbonyl (C=O) groups is 1. The van der Waals surface area contributed by atoms with Crippen molar-refractivity contribution < 1.29 is 14.3 Å². The Kier molecular flexibility index (Phi) is 4.84. The number of aromatic nitrogens is 5. The lowest BCUT2D eigenvalue weighted by atomic mass is 9.93. The highest BCUT2D eigenvalue weighted by molar-refractivity contribution is 6.30. The van der Waals surface area contributed by atoms with Crippen molar-refractivity contribution in [1.29, 1.82) is 0 Å². The quantitative estimate of drug-likeness (QED) is 0.623. The molecule has 9 heteroatoms. The molecule has 0 bridgehead atoms. The summed E-state index contributed by atoms with van der Waals surface area (Å²) < 4.78 is 14.6. The Morgan fingerprint density at radius 1 is 1.39 bits per heavy atom. The van der Waals surface area contributed by atoms with E-state index in [1.807, 2.05) is 37.6 Å². The maximum Gasteiger partial charge on any atom is 0.307 e. The zero-order valence-corrected chi connectivity index (χ0v) is 16.8. The molecule has 8 nitrogen and oxygen atoms in total. The van der Waals surface area contributed by atoms with E-state index in [9.17, 15) is 4.79 Å². The smallest absolute Gasteiger partial charge is 0.307 e. The van der Waals surface area contributed by atoms with Crippen LogP contribution in [0.3, 0.4) is 0 Å². The first kappa shape index (κ1) is 18.9. The van der Waals surface area contributed by atoms with Gasteiger partial charge in [-0.05, 0) is 32.9 Å². The summed E-state index contributed by atoms with van der Waals surface area (Å²) in [5, 5.41) is 9.41. The number of fused-ring (bicyclic) bond motifs is 2. The van der Waals surface area contributed by atoms with Crippen molar-refractivity contribution in [3.05, 3.63) is 46.6 Å². The van der Waals surface area contributed by atoms with Crippen molar-refractivity contribution in [2.24, 2.45) is 0 Å². The van der Waals surface area contributed by atoms with E-state index in [2.05, 4.69) is 10.1 Å². The molecule has 0 radical (unpaired) electrons. The fraction of sp³-hybridized carbons (Fsp3) is 0.474. The molecule has 3 aromatic rings. The summed E-state index contributed by atoms with van der Waals surface area (Å²) in [6, 6.07) is 3.79. The highest BCUT2D eigenvalue weighted by Gasteiger charge is 2.28. The van der Waals surface area contributed by atoms with E-state index in [1.165, 1.54) is 6.33 Å². The zero-order valence-electron chi connectivity index (χ0n) is 16.1. The second kappa shape index (κ2) is 7.18. The van der Waals surface area contributed by atoms with Gasteiger partial charge in [0.25, 0.3) is 0 Å². The van der Waals surface area contributed by atoms with Gasteiger partial charge in [-0.3, -0.25) is 9.48 Å². The van der Waals surface area contributed by atoms with Crippen LogP contribution in [-0.2, 0) is 27.4 Å². The number of hydrogen-bond acceptors (Lipinski definition) is 6. The van der Waals surface area contributed by atoms with Crippen LogP contribution in [0.4, 0.5) is 0 Å². The summed E-state index contributed by atoms with van der Waals surface area (Å²) >= 11 is 6.31. The minimum absolute atomic E-state index is 0.122. The minimum Gasteiger partial charge on any atom is -0.460 e. The van der Waals surface area contributed by atoms with Gasteiger partial charge in [0.15, 0.2) is 5.65 Å². The fourth-order valence-electron chi connectivity index (χ4n) is 3.38. The lowest BCUT2D eigenvalue weighted by molar-refractivity contribution is -0.155. The number of carbonyl (C=O) groups excluding carboxylic acids is 1. The van der Waals surface area contributed by atoms with Gasteiger partial charge in [0.2, 0.25) is 0 Å². The minimum atomic E-state index is -0.568. The highest BCUT2D eigenvalue weighted by atomic mass is 35.5. The Hall–Kier alpha value is -2.45. The predicted octanol–water partition coefficient (Wildman–Crippen LogP) is 2.97. The molecular formula is C19H22ClN5O3. The van der Waals surface area contributed by atoms with Crippen LogP contribution in [0.5, 0.6) is 0 Å². The van der Waals surface area contributed by atoms with Crippen molar-refractivity contribution in [1.82, 2.24) is 24.4 Å². The summed E-state index contributed by atoms with van der Waals surface area (Å²) in [7, 11) is 0. The van der Waals surface area contributed by atoms with Crippen LogP contribution in [0, 0.1) is 0 Å². The third kappa shape index (κ3) is 3.88. The molecule has 0 N–H and O–H groups in total. The third-order valence-corrected chi connectivity index (χ3v) is 4.68. The van der Waals surface area contributed by atoms with Gasteiger partial charge in [0, 0.05) is 17.7 Å². The summed E-state index contributed by atoms with van der Waals surface area (Å²) in [4.78, 5) is 17.0. The standard InChI is InChI=1S/C19H22ClN5O3/c1-19(2,3)28-17(26)8-14(16-7-13-10-27-5-4-24(13)23-16)15-6-12(20)9-25-18(15)21-11-22-25/h6-7,9,11,14H,4-5,8,10H2,1-3H3. The van der Waals surface area contributed by atoms with E-state index in [0.29, 0.717) is 30.4 Å². The van der Waals surface area contributed by atoms with Crippen LogP contribution in [0.25, 0.3) is 5.65 Å². The molecule has 1 unspecified atom stereocenters. The van der Waals surface area contributed by atoms with Crippen molar-refractivity contribution >= 4 is 23.2 Å². The molecule has 4 heterocycles. The molecule has 1 atom stereocenters. The van der Waals surface area contributed by atoms with Crippen LogP contribution in [0.15, 0.2) is 24.7 Å². The van der Waals surface area contributed by atoms with Crippen molar-refractivity contribution in [2.45, 2.75) is 51.9 Å². The number of halogens is 1. The average molecular weight is 404 g/mol. The number of ether oxygens (including phenoxy) is 2. The second-order valence-electron chi connectivity index (χ2n) is 7.82. The molecule has 0 spiro atoms. The molecule has 0 aliphatic carbocycles. The Labute approximate surface area is 167 Å². The van der Waals surface area contributed by atoms with Crippen LogP contribution in [0.1, 0.15) is 50.1 Å². The maximum absolute atomic E-state index is 12.7. The Bertz CT molecular complexity index is 997. The van der Waals surface area contributed by atoms with Gasteiger partial charge < -0.3 is 9.47 Å². The van der Waals surface area contributed by atoms with E-state index >= 15 is 0 Å². The van der Waals surface area contributed by atoms with E-state index in [-0.39, 0.29) is 18.3 Å². The highest BCUT2D eigenvalue weighted by Crippen LogP contribution is 2.33. The topological polar surface area (TPSA) is 83.5 Å². The molecule has 3 aromatic heterocycles. The van der Waals surface area contributed by atoms with Crippen LogP contribution >= 0.6 is 11.6 Å². The molecule has 0 saturated carbocycles. The van der Waals surface area contributed by atoms with Gasteiger partial charge in [0.1, 0.15) is 11.9 Å². The number of rotatable bonds is 4. The second-order valence-corrected chi connectivity index (χ2v) is 8.26. The first-order valence-electron chi connectivity index (χ1n) is 9.15. The number of pyridine rings is 1. The number of hydrogen-bond donors (Lipinski definition) is 0. The SMILES string of the molecule is CC(C)(C)OC(=O)CC(c1cc2n(n1)CCOC2)c1cc(Cl)cn2ncnc12. The molecule has 1 aliphatic rings. The number of esters is 1. The molecule has 148 valence electrons. The summed E-state index contributed by atoms with van der Waals surface area (Å²) in [5.74, 6) is -0.671. The number of nitrogens with zero attached hydrogens (tertiary/aromatic N) is 5. The Morgan fingerprint density at radius 3 is 2.96 bits per heavy atom. The Morgan fingerprint density at radius 2 is 2.21 bits per heavy atom. The van der Waals surface area contributed by atoms with Gasteiger partial charge in [-0.15, -0.1) is 0 Å². The molecule has 28 heavy (non-hydrogen) atoms. The van der Waals surface area contributed by atoms with Gasteiger partial charge in [0.05, 0.1) is 42.6 Å². The van der Waals surface area contributed by atoms with Crippen LogP contribution in [0.2, 0.25) is 5.02 Å². The molecular weight excluding hydrogens is 382 g/mol. The first-order valence-corrected chi connectivity index (χ1v) is 9.53. The van der Waals surface area contributed by atoms with Gasteiger partial charge in [-0.2, -0.15) is 10.2 Å². The largest absolute Gasteiger partial charge is 0.460 e. The van der Waals surface area contributed by atoms with E-state index < -0.39 is 5.60 Å². The maximum atomic E-state index is 12.7. The normalized spacial score (nSPS) is 15.4. The van der Waals surface area contributed by atoms with E-state index in [4.69, 9.17) is 26.2 Å². The fourth-order valence-corrected chi connectivity index (χ4v) is 3.59. The van der Waals surface area contributed by atoms with Gasteiger partial charge in [-0.1, -0.05) is 11.6 Å². The van der Waals surface area contributed by atoms with Crippen LogP contribution in [-0.4, -0.2) is 42.6 Å². The first-order chi connectivity index (χ1) is 13.3.